The standard InChI is InChI=1S/C20H29F3N4OS/c1-26-9-11-27(12-10-26)15-6-7-18(17(14-15)20(21,22)23)25-19(28)24-8-13-29-16-4-2-3-5-16/h6-7,14,16H,2-5,8-13H2,1H3,(H2,24,25,28). The second-order valence-electron chi connectivity index (χ2n) is 7.68. The minimum Gasteiger partial charge on any atom is -0.369 e. The van der Waals surface area contributed by atoms with Crippen LogP contribution in [0.4, 0.5) is 29.3 Å². The number of anilines is 2. The fraction of sp³-hybridized carbons (Fsp3) is 0.650. The highest BCUT2D eigenvalue weighted by molar-refractivity contribution is 7.99. The number of thioether (sulfide) groups is 1. The summed E-state index contributed by atoms with van der Waals surface area (Å²) >= 11 is 1.83. The number of amides is 2. The van der Waals surface area contributed by atoms with Crippen molar-refractivity contribution in [1.82, 2.24) is 10.2 Å². The summed E-state index contributed by atoms with van der Waals surface area (Å²) in [6, 6.07) is 3.53. The van der Waals surface area contributed by atoms with Crippen LogP contribution in [0.3, 0.4) is 0 Å². The molecule has 1 saturated heterocycles. The Morgan fingerprint density at radius 3 is 2.52 bits per heavy atom. The minimum atomic E-state index is -4.54. The van der Waals surface area contributed by atoms with E-state index in [-0.39, 0.29) is 5.69 Å². The lowest BCUT2D eigenvalue weighted by Gasteiger charge is -2.34. The minimum absolute atomic E-state index is 0.212. The Hall–Kier alpha value is -1.61. The third-order valence-corrected chi connectivity index (χ3v) is 6.85. The van der Waals surface area contributed by atoms with Crippen molar-refractivity contribution in [2.45, 2.75) is 37.1 Å². The van der Waals surface area contributed by atoms with E-state index in [9.17, 15) is 18.0 Å². The Balaban J connectivity index is 1.57. The molecule has 2 N–H and O–H groups in total. The van der Waals surface area contributed by atoms with Crippen LogP contribution in [-0.4, -0.2) is 61.7 Å². The van der Waals surface area contributed by atoms with Crippen LogP contribution in [-0.2, 0) is 6.18 Å². The number of hydrogen-bond donors (Lipinski definition) is 2. The number of benzene rings is 1. The van der Waals surface area contributed by atoms with Crippen molar-refractivity contribution >= 4 is 29.2 Å². The maximum Gasteiger partial charge on any atom is 0.418 e. The van der Waals surface area contributed by atoms with Gasteiger partial charge in [0, 0.05) is 49.4 Å². The van der Waals surface area contributed by atoms with E-state index < -0.39 is 17.8 Å². The van der Waals surface area contributed by atoms with Crippen molar-refractivity contribution in [2.75, 3.05) is 55.7 Å². The van der Waals surface area contributed by atoms with Crippen molar-refractivity contribution in [3.8, 4) is 0 Å². The highest BCUT2D eigenvalue weighted by atomic mass is 32.2. The Labute approximate surface area is 174 Å². The molecule has 1 aliphatic carbocycles. The quantitative estimate of drug-likeness (QED) is 0.663. The molecule has 2 aliphatic rings. The van der Waals surface area contributed by atoms with E-state index in [0.717, 1.165) is 24.9 Å². The average Bonchev–Trinajstić information content (AvgIpc) is 3.19. The number of alkyl halides is 3. The molecule has 0 unspecified atom stereocenters. The van der Waals surface area contributed by atoms with Gasteiger partial charge >= 0.3 is 12.2 Å². The summed E-state index contributed by atoms with van der Waals surface area (Å²) in [4.78, 5) is 16.2. The average molecular weight is 431 g/mol. The van der Waals surface area contributed by atoms with Gasteiger partial charge in [-0.25, -0.2) is 4.79 Å². The van der Waals surface area contributed by atoms with E-state index in [2.05, 4.69) is 15.5 Å². The summed E-state index contributed by atoms with van der Waals surface area (Å²) < 4.78 is 40.8. The van der Waals surface area contributed by atoms with Gasteiger partial charge in [-0.2, -0.15) is 24.9 Å². The molecule has 0 bridgehead atoms. The van der Waals surface area contributed by atoms with Gasteiger partial charge in [-0.1, -0.05) is 12.8 Å². The predicted octanol–water partition coefficient (Wildman–Crippen LogP) is 4.25. The molecule has 9 heteroatoms. The van der Waals surface area contributed by atoms with Gasteiger partial charge in [0.25, 0.3) is 0 Å². The van der Waals surface area contributed by atoms with Crippen molar-refractivity contribution in [2.24, 2.45) is 0 Å². The summed E-state index contributed by atoms with van der Waals surface area (Å²) in [7, 11) is 2.00. The van der Waals surface area contributed by atoms with Gasteiger partial charge in [0.1, 0.15) is 0 Å². The first-order valence-electron chi connectivity index (χ1n) is 10.1. The summed E-state index contributed by atoms with van der Waals surface area (Å²) in [5.74, 6) is 0.770. The van der Waals surface area contributed by atoms with Crippen LogP contribution in [0.25, 0.3) is 0 Å². The zero-order valence-corrected chi connectivity index (χ0v) is 17.5. The molecule has 1 aromatic carbocycles. The highest BCUT2D eigenvalue weighted by Gasteiger charge is 2.35. The zero-order chi connectivity index (χ0) is 20.9. The molecular weight excluding hydrogens is 401 g/mol. The van der Waals surface area contributed by atoms with Gasteiger partial charge in [0.05, 0.1) is 11.3 Å². The normalized spacial score (nSPS) is 18.8. The lowest BCUT2D eigenvalue weighted by molar-refractivity contribution is -0.136. The molecule has 2 fully saturated rings. The van der Waals surface area contributed by atoms with E-state index in [0.29, 0.717) is 30.6 Å². The van der Waals surface area contributed by atoms with Gasteiger partial charge in [0.2, 0.25) is 0 Å². The third kappa shape index (κ3) is 6.44. The molecule has 29 heavy (non-hydrogen) atoms. The number of piperazine rings is 1. The van der Waals surface area contributed by atoms with E-state index >= 15 is 0 Å². The number of urea groups is 1. The van der Waals surface area contributed by atoms with Crippen LogP contribution in [0.5, 0.6) is 0 Å². The fourth-order valence-electron chi connectivity index (χ4n) is 3.75. The molecule has 1 heterocycles. The first-order chi connectivity index (χ1) is 13.8. The molecule has 1 aromatic rings. The zero-order valence-electron chi connectivity index (χ0n) is 16.7. The second kappa shape index (κ2) is 9.93. The number of carbonyl (C=O) groups excluding carboxylic acids is 1. The van der Waals surface area contributed by atoms with Crippen LogP contribution in [0.1, 0.15) is 31.2 Å². The fourth-order valence-corrected chi connectivity index (χ4v) is 4.97. The summed E-state index contributed by atoms with van der Waals surface area (Å²) in [5.41, 5.74) is -0.495. The van der Waals surface area contributed by atoms with E-state index in [1.54, 1.807) is 6.07 Å². The Kier molecular flexibility index (Phi) is 7.56. The number of carbonyl (C=O) groups is 1. The maximum absolute atomic E-state index is 13.6. The molecule has 0 atom stereocenters. The third-order valence-electron chi connectivity index (χ3n) is 5.47. The Morgan fingerprint density at radius 2 is 1.86 bits per heavy atom. The second-order valence-corrected chi connectivity index (χ2v) is 9.08. The van der Waals surface area contributed by atoms with Gasteiger partial charge in [-0.3, -0.25) is 0 Å². The van der Waals surface area contributed by atoms with Crippen molar-refractivity contribution in [3.63, 3.8) is 0 Å². The Morgan fingerprint density at radius 1 is 1.17 bits per heavy atom. The monoisotopic (exact) mass is 430 g/mol. The number of halogens is 3. The molecule has 1 saturated carbocycles. The Bertz CT molecular complexity index is 687. The lowest BCUT2D eigenvalue weighted by atomic mass is 10.1. The van der Waals surface area contributed by atoms with E-state index in [1.807, 2.05) is 23.7 Å². The molecule has 2 amide bonds. The van der Waals surface area contributed by atoms with Gasteiger partial charge in [-0.15, -0.1) is 0 Å². The van der Waals surface area contributed by atoms with Crippen LogP contribution in [0.15, 0.2) is 18.2 Å². The van der Waals surface area contributed by atoms with Crippen LogP contribution >= 0.6 is 11.8 Å². The van der Waals surface area contributed by atoms with Crippen molar-refractivity contribution < 1.29 is 18.0 Å². The molecule has 0 aromatic heterocycles. The number of rotatable bonds is 6. The predicted molar refractivity (Wildman–Crippen MR) is 113 cm³/mol. The number of likely N-dealkylation sites (N-methyl/N-ethyl adjacent to an activating group) is 1. The van der Waals surface area contributed by atoms with E-state index in [4.69, 9.17) is 0 Å². The molecule has 3 rings (SSSR count). The van der Waals surface area contributed by atoms with Crippen LogP contribution in [0.2, 0.25) is 0 Å². The highest BCUT2D eigenvalue weighted by Crippen LogP contribution is 2.37. The molecular formula is C20H29F3N4OS. The first-order valence-corrected chi connectivity index (χ1v) is 11.2. The van der Waals surface area contributed by atoms with Crippen molar-refractivity contribution in [3.05, 3.63) is 23.8 Å². The van der Waals surface area contributed by atoms with Crippen LogP contribution < -0.4 is 15.5 Å². The molecule has 162 valence electrons. The van der Waals surface area contributed by atoms with Gasteiger partial charge in [-0.05, 0) is 38.1 Å². The summed E-state index contributed by atoms with van der Waals surface area (Å²) in [6.45, 7) is 3.42. The molecule has 0 spiro atoms. The smallest absolute Gasteiger partial charge is 0.369 e. The number of hydrogen-bond acceptors (Lipinski definition) is 4. The number of nitrogens with zero attached hydrogens (tertiary/aromatic N) is 2. The van der Waals surface area contributed by atoms with E-state index in [1.165, 1.54) is 31.7 Å². The van der Waals surface area contributed by atoms with Gasteiger partial charge < -0.3 is 20.4 Å². The topological polar surface area (TPSA) is 47.6 Å². The molecule has 0 radical (unpaired) electrons. The largest absolute Gasteiger partial charge is 0.418 e. The van der Waals surface area contributed by atoms with Gasteiger partial charge in [0.15, 0.2) is 0 Å². The first kappa shape index (κ1) is 22.1. The van der Waals surface area contributed by atoms with Crippen molar-refractivity contribution in [1.29, 1.82) is 0 Å². The summed E-state index contributed by atoms with van der Waals surface area (Å²) in [5, 5.41) is 5.69. The molecule has 1 aliphatic heterocycles. The lowest BCUT2D eigenvalue weighted by Crippen LogP contribution is -2.44. The maximum atomic E-state index is 13.6. The number of nitrogens with one attached hydrogen (secondary N) is 2. The SMILES string of the molecule is CN1CCN(c2ccc(NC(=O)NCCSC3CCCC3)c(C(F)(F)F)c2)CC1. The summed E-state index contributed by atoms with van der Waals surface area (Å²) in [6.07, 6.45) is 0.409. The molecule has 5 nitrogen and oxygen atoms in total. The van der Waals surface area contributed by atoms with Crippen LogP contribution in [0, 0.1) is 0 Å².